The van der Waals surface area contributed by atoms with Crippen molar-refractivity contribution in [3.63, 3.8) is 0 Å². The van der Waals surface area contributed by atoms with Crippen molar-refractivity contribution in [2.45, 2.75) is 58.4 Å². The molecule has 1 aromatic heterocycles. The zero-order chi connectivity index (χ0) is 14.5. The van der Waals surface area contributed by atoms with Gasteiger partial charge in [0.05, 0.1) is 0 Å². The van der Waals surface area contributed by atoms with Gasteiger partial charge in [-0.05, 0) is 37.2 Å². The topological polar surface area (TPSA) is 46.9 Å². The van der Waals surface area contributed by atoms with Gasteiger partial charge in [0.1, 0.15) is 0 Å². The minimum Gasteiger partial charge on any atom is -0.353 e. The Labute approximate surface area is 121 Å². The van der Waals surface area contributed by atoms with Crippen LogP contribution in [0.4, 0.5) is 0 Å². The lowest BCUT2D eigenvalue weighted by Gasteiger charge is -2.32. The molecule has 0 radical (unpaired) electrons. The van der Waals surface area contributed by atoms with Crippen LogP contribution in [0, 0.1) is 11.8 Å². The number of amides is 1. The van der Waals surface area contributed by atoms with Crippen LogP contribution in [0.2, 0.25) is 0 Å². The SMILES string of the molecule is CC(C)[C@@H]1CCC[C@H](NC(=O)CCc2ccnn2C)C1. The van der Waals surface area contributed by atoms with Crippen LogP contribution in [0.3, 0.4) is 0 Å². The molecular formula is C16H27N3O. The van der Waals surface area contributed by atoms with Crippen LogP contribution in [0.25, 0.3) is 0 Å². The summed E-state index contributed by atoms with van der Waals surface area (Å²) in [4.78, 5) is 12.1. The van der Waals surface area contributed by atoms with Gasteiger partial charge in [0, 0.05) is 31.4 Å². The van der Waals surface area contributed by atoms with E-state index in [4.69, 9.17) is 0 Å². The number of aryl methyl sites for hydroxylation is 2. The maximum absolute atomic E-state index is 12.1. The average Bonchev–Trinajstić information content (AvgIpc) is 2.82. The molecule has 1 amide bonds. The van der Waals surface area contributed by atoms with Gasteiger partial charge >= 0.3 is 0 Å². The summed E-state index contributed by atoms with van der Waals surface area (Å²) in [6, 6.07) is 2.36. The molecule has 0 aliphatic heterocycles. The highest BCUT2D eigenvalue weighted by atomic mass is 16.1. The summed E-state index contributed by atoms with van der Waals surface area (Å²) in [5.74, 6) is 1.68. The molecule has 4 nitrogen and oxygen atoms in total. The number of nitrogens with one attached hydrogen (secondary N) is 1. The van der Waals surface area contributed by atoms with E-state index in [-0.39, 0.29) is 5.91 Å². The number of hydrogen-bond acceptors (Lipinski definition) is 2. The van der Waals surface area contributed by atoms with E-state index in [2.05, 4.69) is 24.3 Å². The third kappa shape index (κ3) is 4.09. The zero-order valence-electron chi connectivity index (χ0n) is 12.9. The normalized spacial score (nSPS) is 23.0. The summed E-state index contributed by atoms with van der Waals surface area (Å²) in [6.45, 7) is 4.58. The van der Waals surface area contributed by atoms with Crippen molar-refractivity contribution < 1.29 is 4.79 Å². The van der Waals surface area contributed by atoms with Crippen molar-refractivity contribution in [3.8, 4) is 0 Å². The van der Waals surface area contributed by atoms with Gasteiger partial charge in [0.25, 0.3) is 0 Å². The molecule has 0 unspecified atom stereocenters. The van der Waals surface area contributed by atoms with Gasteiger partial charge in [0.2, 0.25) is 5.91 Å². The van der Waals surface area contributed by atoms with Gasteiger partial charge in [0.15, 0.2) is 0 Å². The molecule has 1 aliphatic rings. The van der Waals surface area contributed by atoms with Crippen LogP contribution in [0.5, 0.6) is 0 Å². The van der Waals surface area contributed by atoms with Gasteiger partial charge < -0.3 is 5.32 Å². The number of carbonyl (C=O) groups excluding carboxylic acids is 1. The maximum atomic E-state index is 12.1. The van der Waals surface area contributed by atoms with E-state index in [1.807, 2.05) is 17.8 Å². The van der Waals surface area contributed by atoms with Crippen LogP contribution < -0.4 is 5.32 Å². The smallest absolute Gasteiger partial charge is 0.220 e. The largest absolute Gasteiger partial charge is 0.353 e. The number of carbonyl (C=O) groups is 1. The molecule has 0 aromatic carbocycles. The van der Waals surface area contributed by atoms with Gasteiger partial charge in [-0.15, -0.1) is 0 Å². The predicted molar refractivity (Wildman–Crippen MR) is 80.3 cm³/mol. The third-order valence-electron chi connectivity index (χ3n) is 4.55. The van der Waals surface area contributed by atoms with Crippen molar-refractivity contribution in [1.29, 1.82) is 0 Å². The predicted octanol–water partition coefficient (Wildman–Crippen LogP) is 2.68. The number of rotatable bonds is 5. The Morgan fingerprint density at radius 1 is 1.50 bits per heavy atom. The highest BCUT2D eigenvalue weighted by Crippen LogP contribution is 2.29. The first-order chi connectivity index (χ1) is 9.56. The Bertz CT molecular complexity index is 439. The second-order valence-electron chi connectivity index (χ2n) is 6.38. The summed E-state index contributed by atoms with van der Waals surface area (Å²) in [5.41, 5.74) is 1.11. The third-order valence-corrected chi connectivity index (χ3v) is 4.55. The first kappa shape index (κ1) is 15.1. The number of nitrogens with zero attached hydrogens (tertiary/aromatic N) is 2. The standard InChI is InChI=1S/C16H27N3O/c1-12(2)13-5-4-6-14(11-13)18-16(20)8-7-15-9-10-17-19(15)3/h9-10,12-14H,4-8,11H2,1-3H3,(H,18,20)/t13-,14+/m1/s1. The lowest BCUT2D eigenvalue weighted by molar-refractivity contribution is -0.122. The van der Waals surface area contributed by atoms with Crippen molar-refractivity contribution in [2.24, 2.45) is 18.9 Å². The Kier molecular flexibility index (Phi) is 5.21. The Balaban J connectivity index is 1.75. The Hall–Kier alpha value is -1.32. The summed E-state index contributed by atoms with van der Waals surface area (Å²) in [6.07, 6.45) is 7.96. The van der Waals surface area contributed by atoms with E-state index in [0.29, 0.717) is 12.5 Å². The van der Waals surface area contributed by atoms with Crippen LogP contribution in [0.1, 0.15) is 51.6 Å². The zero-order valence-corrected chi connectivity index (χ0v) is 12.9. The molecule has 112 valence electrons. The fourth-order valence-electron chi connectivity index (χ4n) is 3.15. The van der Waals surface area contributed by atoms with Crippen molar-refractivity contribution in [1.82, 2.24) is 15.1 Å². The van der Waals surface area contributed by atoms with E-state index < -0.39 is 0 Å². The van der Waals surface area contributed by atoms with Crippen LogP contribution in [-0.4, -0.2) is 21.7 Å². The Morgan fingerprint density at radius 3 is 2.95 bits per heavy atom. The van der Waals surface area contributed by atoms with E-state index >= 15 is 0 Å². The summed E-state index contributed by atoms with van der Waals surface area (Å²) < 4.78 is 1.84. The van der Waals surface area contributed by atoms with E-state index in [1.165, 1.54) is 12.8 Å². The molecule has 1 N–H and O–H groups in total. The fraction of sp³-hybridized carbons (Fsp3) is 0.750. The molecule has 1 aromatic rings. The summed E-state index contributed by atoms with van der Waals surface area (Å²) in [7, 11) is 1.92. The molecule has 1 saturated carbocycles. The highest BCUT2D eigenvalue weighted by molar-refractivity contribution is 5.76. The quantitative estimate of drug-likeness (QED) is 0.899. The fourth-order valence-corrected chi connectivity index (χ4v) is 3.15. The van der Waals surface area contributed by atoms with Crippen LogP contribution in [0.15, 0.2) is 12.3 Å². The van der Waals surface area contributed by atoms with Crippen LogP contribution in [-0.2, 0) is 18.3 Å². The van der Waals surface area contributed by atoms with Crippen molar-refractivity contribution in [2.75, 3.05) is 0 Å². The number of hydrogen-bond donors (Lipinski definition) is 1. The van der Waals surface area contributed by atoms with E-state index in [9.17, 15) is 4.79 Å². The lowest BCUT2D eigenvalue weighted by Crippen LogP contribution is -2.39. The molecule has 2 atom stereocenters. The van der Waals surface area contributed by atoms with Crippen molar-refractivity contribution in [3.05, 3.63) is 18.0 Å². The minimum absolute atomic E-state index is 0.181. The minimum atomic E-state index is 0.181. The second kappa shape index (κ2) is 6.91. The van der Waals surface area contributed by atoms with Gasteiger partial charge in [-0.25, -0.2) is 0 Å². The highest BCUT2D eigenvalue weighted by Gasteiger charge is 2.24. The molecule has 1 aliphatic carbocycles. The molecule has 0 spiro atoms. The summed E-state index contributed by atoms with van der Waals surface area (Å²) in [5, 5.41) is 7.34. The van der Waals surface area contributed by atoms with Crippen molar-refractivity contribution >= 4 is 5.91 Å². The first-order valence-corrected chi connectivity index (χ1v) is 7.82. The average molecular weight is 277 g/mol. The molecule has 1 heterocycles. The first-order valence-electron chi connectivity index (χ1n) is 7.82. The lowest BCUT2D eigenvalue weighted by atomic mass is 9.79. The molecule has 2 rings (SSSR count). The second-order valence-corrected chi connectivity index (χ2v) is 6.38. The van der Waals surface area contributed by atoms with E-state index in [1.54, 1.807) is 6.20 Å². The maximum Gasteiger partial charge on any atom is 0.220 e. The molecule has 20 heavy (non-hydrogen) atoms. The molecule has 1 fully saturated rings. The summed E-state index contributed by atoms with van der Waals surface area (Å²) >= 11 is 0. The van der Waals surface area contributed by atoms with Gasteiger partial charge in [-0.2, -0.15) is 5.10 Å². The van der Waals surface area contributed by atoms with Crippen LogP contribution >= 0.6 is 0 Å². The molecule has 4 heteroatoms. The monoisotopic (exact) mass is 277 g/mol. The van der Waals surface area contributed by atoms with E-state index in [0.717, 1.165) is 36.8 Å². The molecule has 0 saturated heterocycles. The Morgan fingerprint density at radius 2 is 2.30 bits per heavy atom. The molecular weight excluding hydrogens is 250 g/mol. The van der Waals surface area contributed by atoms with Gasteiger partial charge in [-0.1, -0.05) is 26.7 Å². The van der Waals surface area contributed by atoms with Gasteiger partial charge in [-0.3, -0.25) is 9.48 Å². The number of aromatic nitrogens is 2. The molecule has 0 bridgehead atoms.